The van der Waals surface area contributed by atoms with Crippen molar-refractivity contribution >= 4 is 22.8 Å². The molecule has 26 heavy (non-hydrogen) atoms. The van der Waals surface area contributed by atoms with Gasteiger partial charge < -0.3 is 15.7 Å². The van der Waals surface area contributed by atoms with E-state index in [0.717, 1.165) is 12.8 Å². The Bertz CT molecular complexity index is 915. The summed E-state index contributed by atoms with van der Waals surface area (Å²) < 4.78 is 1.77. The molecule has 0 saturated carbocycles. The van der Waals surface area contributed by atoms with Gasteiger partial charge in [0, 0.05) is 13.1 Å². The molecule has 1 aliphatic rings. The van der Waals surface area contributed by atoms with Crippen LogP contribution >= 0.6 is 0 Å². The van der Waals surface area contributed by atoms with Crippen molar-refractivity contribution in [2.24, 2.45) is 0 Å². The van der Waals surface area contributed by atoms with Crippen molar-refractivity contribution in [1.82, 2.24) is 24.6 Å². The highest BCUT2D eigenvalue weighted by atomic mass is 16.3. The first-order valence-corrected chi connectivity index (χ1v) is 8.45. The summed E-state index contributed by atoms with van der Waals surface area (Å²) in [7, 11) is 0. The lowest BCUT2D eigenvalue weighted by atomic mass is 10.1. The standard InChI is InChI=1S/C18H22N6O2/c1-4-14(25)23-9-5-6-12(10-23)24-17-15(16(19)20-11-21-17)13(22-24)7-8-18(2,3)26/h4,11-12,26H,1,5-6,9-10H2,2-3H3,(H2,19,20,21). The lowest BCUT2D eigenvalue weighted by Gasteiger charge is -2.32. The van der Waals surface area contributed by atoms with E-state index < -0.39 is 5.60 Å². The molecule has 1 unspecified atom stereocenters. The SMILES string of the molecule is C=CC(=O)N1CCCC(n2nc(C#CC(C)(C)O)c3c(N)ncnc32)C1. The predicted octanol–water partition coefficient (Wildman–Crippen LogP) is 0.880. The molecule has 0 spiro atoms. The van der Waals surface area contributed by atoms with Gasteiger partial charge in [-0.3, -0.25) is 4.79 Å². The molecular weight excluding hydrogens is 332 g/mol. The Kier molecular flexibility index (Phi) is 4.66. The third-order valence-electron chi connectivity index (χ3n) is 4.23. The van der Waals surface area contributed by atoms with Gasteiger partial charge in [-0.1, -0.05) is 12.5 Å². The van der Waals surface area contributed by atoms with Gasteiger partial charge in [0.2, 0.25) is 5.91 Å². The van der Waals surface area contributed by atoms with Crippen LogP contribution in [0.15, 0.2) is 19.0 Å². The number of aliphatic hydroxyl groups is 1. The zero-order valence-corrected chi connectivity index (χ0v) is 14.9. The van der Waals surface area contributed by atoms with Gasteiger partial charge in [-0.25, -0.2) is 14.6 Å². The number of hydrogen-bond acceptors (Lipinski definition) is 6. The fourth-order valence-electron chi connectivity index (χ4n) is 3.03. The molecule has 2 aromatic heterocycles. The molecular formula is C18H22N6O2. The highest BCUT2D eigenvalue weighted by molar-refractivity contribution is 5.90. The third kappa shape index (κ3) is 3.53. The number of hydrogen-bond donors (Lipinski definition) is 2. The van der Waals surface area contributed by atoms with E-state index in [1.54, 1.807) is 23.4 Å². The highest BCUT2D eigenvalue weighted by Crippen LogP contribution is 2.28. The summed E-state index contributed by atoms with van der Waals surface area (Å²) in [5, 5.41) is 15.0. The summed E-state index contributed by atoms with van der Waals surface area (Å²) in [6.45, 7) is 7.96. The Hall–Kier alpha value is -2.92. The Morgan fingerprint density at radius 3 is 2.96 bits per heavy atom. The Morgan fingerprint density at radius 1 is 1.50 bits per heavy atom. The fourth-order valence-corrected chi connectivity index (χ4v) is 3.03. The number of likely N-dealkylation sites (tertiary alicyclic amines) is 1. The first kappa shape index (κ1) is 17.9. The minimum atomic E-state index is -1.15. The normalized spacial score (nSPS) is 17.7. The molecule has 3 rings (SSSR count). The van der Waals surface area contributed by atoms with Crippen LogP contribution in [0.5, 0.6) is 0 Å². The maximum atomic E-state index is 12.0. The number of carbonyl (C=O) groups is 1. The average molecular weight is 354 g/mol. The number of nitrogens with two attached hydrogens (primary N) is 1. The molecule has 1 amide bonds. The second-order valence-electron chi connectivity index (χ2n) is 6.84. The van der Waals surface area contributed by atoms with Crippen LogP contribution in [0.4, 0.5) is 5.82 Å². The predicted molar refractivity (Wildman–Crippen MR) is 98.0 cm³/mol. The quantitative estimate of drug-likeness (QED) is 0.612. The van der Waals surface area contributed by atoms with Crippen molar-refractivity contribution < 1.29 is 9.90 Å². The van der Waals surface area contributed by atoms with E-state index in [-0.39, 0.29) is 17.8 Å². The molecule has 8 nitrogen and oxygen atoms in total. The Labute approximate surface area is 151 Å². The number of anilines is 1. The maximum Gasteiger partial charge on any atom is 0.246 e. The van der Waals surface area contributed by atoms with Gasteiger partial charge in [-0.15, -0.1) is 0 Å². The van der Waals surface area contributed by atoms with Gasteiger partial charge in [0.25, 0.3) is 0 Å². The number of rotatable bonds is 2. The molecule has 1 fully saturated rings. The summed E-state index contributed by atoms with van der Waals surface area (Å²) in [4.78, 5) is 22.1. The van der Waals surface area contributed by atoms with Gasteiger partial charge in [-0.2, -0.15) is 5.10 Å². The number of nitrogen functional groups attached to an aromatic ring is 1. The monoisotopic (exact) mass is 354 g/mol. The van der Waals surface area contributed by atoms with E-state index in [0.29, 0.717) is 29.8 Å². The molecule has 2 aromatic rings. The maximum absolute atomic E-state index is 12.0. The summed E-state index contributed by atoms with van der Waals surface area (Å²) in [6, 6.07) is -0.0397. The Balaban J connectivity index is 2.06. The van der Waals surface area contributed by atoms with Crippen LogP contribution in [-0.2, 0) is 4.79 Å². The zero-order chi connectivity index (χ0) is 18.9. The molecule has 1 atom stereocenters. The number of amides is 1. The fraction of sp³-hybridized carbons (Fsp3) is 0.444. The van der Waals surface area contributed by atoms with Crippen LogP contribution in [0.2, 0.25) is 0 Å². The average Bonchev–Trinajstić information content (AvgIpc) is 2.99. The molecule has 1 aliphatic heterocycles. The minimum Gasteiger partial charge on any atom is -0.383 e. The lowest BCUT2D eigenvalue weighted by Crippen LogP contribution is -2.40. The minimum absolute atomic E-state index is 0.0397. The van der Waals surface area contributed by atoms with Gasteiger partial charge in [0.1, 0.15) is 23.4 Å². The van der Waals surface area contributed by atoms with Crippen LogP contribution in [-0.4, -0.2) is 54.4 Å². The highest BCUT2D eigenvalue weighted by Gasteiger charge is 2.27. The van der Waals surface area contributed by atoms with Crippen molar-refractivity contribution in [3.63, 3.8) is 0 Å². The molecule has 0 bridgehead atoms. The van der Waals surface area contributed by atoms with E-state index in [4.69, 9.17) is 5.73 Å². The molecule has 8 heteroatoms. The van der Waals surface area contributed by atoms with E-state index in [1.165, 1.54) is 12.4 Å². The van der Waals surface area contributed by atoms with Gasteiger partial charge in [0.05, 0.1) is 11.4 Å². The third-order valence-corrected chi connectivity index (χ3v) is 4.23. The zero-order valence-electron chi connectivity index (χ0n) is 14.9. The van der Waals surface area contributed by atoms with Crippen molar-refractivity contribution in [3.8, 4) is 11.8 Å². The molecule has 3 N–H and O–H groups in total. The van der Waals surface area contributed by atoms with Gasteiger partial charge in [-0.05, 0) is 38.7 Å². The first-order chi connectivity index (χ1) is 12.3. The lowest BCUT2D eigenvalue weighted by molar-refractivity contribution is -0.127. The molecule has 0 aromatic carbocycles. The van der Waals surface area contributed by atoms with E-state index >= 15 is 0 Å². The number of fused-ring (bicyclic) bond motifs is 1. The Morgan fingerprint density at radius 2 is 2.27 bits per heavy atom. The van der Waals surface area contributed by atoms with Crippen LogP contribution < -0.4 is 5.73 Å². The largest absolute Gasteiger partial charge is 0.383 e. The number of nitrogens with zero attached hydrogens (tertiary/aromatic N) is 5. The molecule has 0 aliphatic carbocycles. The van der Waals surface area contributed by atoms with Crippen LogP contribution in [0.3, 0.4) is 0 Å². The van der Waals surface area contributed by atoms with E-state index in [2.05, 4.69) is 33.5 Å². The van der Waals surface area contributed by atoms with Gasteiger partial charge >= 0.3 is 0 Å². The second-order valence-corrected chi connectivity index (χ2v) is 6.84. The van der Waals surface area contributed by atoms with Crippen molar-refractivity contribution in [2.75, 3.05) is 18.8 Å². The van der Waals surface area contributed by atoms with E-state index in [9.17, 15) is 9.90 Å². The van der Waals surface area contributed by atoms with Gasteiger partial charge in [0.15, 0.2) is 5.65 Å². The smallest absolute Gasteiger partial charge is 0.246 e. The summed E-state index contributed by atoms with van der Waals surface area (Å²) >= 11 is 0. The first-order valence-electron chi connectivity index (χ1n) is 8.45. The van der Waals surface area contributed by atoms with Crippen LogP contribution in [0.25, 0.3) is 11.0 Å². The topological polar surface area (TPSA) is 110 Å². The molecule has 136 valence electrons. The summed E-state index contributed by atoms with van der Waals surface area (Å²) in [5.41, 5.74) is 5.87. The molecule has 0 radical (unpaired) electrons. The molecule has 1 saturated heterocycles. The second kappa shape index (κ2) is 6.77. The van der Waals surface area contributed by atoms with Crippen molar-refractivity contribution in [3.05, 3.63) is 24.7 Å². The number of aromatic nitrogens is 4. The molecule has 3 heterocycles. The summed E-state index contributed by atoms with van der Waals surface area (Å²) in [6.07, 6.45) is 4.43. The number of piperidine rings is 1. The van der Waals surface area contributed by atoms with E-state index in [1.807, 2.05) is 0 Å². The number of carbonyl (C=O) groups excluding carboxylic acids is 1. The van der Waals surface area contributed by atoms with Crippen LogP contribution in [0, 0.1) is 11.8 Å². The van der Waals surface area contributed by atoms with Crippen LogP contribution in [0.1, 0.15) is 38.4 Å². The van der Waals surface area contributed by atoms with Crippen molar-refractivity contribution in [1.29, 1.82) is 0 Å². The summed E-state index contributed by atoms with van der Waals surface area (Å²) in [5.74, 6) is 5.83. The van der Waals surface area contributed by atoms with Crippen molar-refractivity contribution in [2.45, 2.75) is 38.3 Å².